The Morgan fingerprint density at radius 3 is 2.61 bits per heavy atom. The summed E-state index contributed by atoms with van der Waals surface area (Å²) >= 11 is 1.25. The molecular formula is C18H16N6O3S. The molecule has 0 saturated carbocycles. The molecule has 0 radical (unpaired) electrons. The van der Waals surface area contributed by atoms with Crippen LogP contribution in [0.25, 0.3) is 11.4 Å². The third kappa shape index (κ3) is 4.80. The smallest absolute Gasteiger partial charge is 0.269 e. The quantitative estimate of drug-likeness (QED) is 0.284. The average molecular weight is 396 g/mol. The van der Waals surface area contributed by atoms with E-state index >= 15 is 0 Å². The van der Waals surface area contributed by atoms with Crippen molar-refractivity contribution in [2.75, 3.05) is 5.75 Å². The Balaban J connectivity index is 1.52. The Morgan fingerprint density at radius 1 is 1.21 bits per heavy atom. The van der Waals surface area contributed by atoms with Crippen LogP contribution in [0, 0.1) is 10.1 Å². The van der Waals surface area contributed by atoms with E-state index in [0.29, 0.717) is 10.7 Å². The number of carbonyl (C=O) groups excluding carboxylic acids is 1. The highest BCUT2D eigenvalue weighted by Gasteiger charge is 2.12. The van der Waals surface area contributed by atoms with Crippen molar-refractivity contribution in [2.45, 2.75) is 5.16 Å². The molecule has 0 aliphatic heterocycles. The Morgan fingerprint density at radius 2 is 1.93 bits per heavy atom. The molecule has 10 heteroatoms. The lowest BCUT2D eigenvalue weighted by Crippen LogP contribution is -2.19. The molecule has 0 aliphatic carbocycles. The topological polar surface area (TPSA) is 115 Å². The molecular weight excluding hydrogens is 380 g/mol. The summed E-state index contributed by atoms with van der Waals surface area (Å²) < 4.78 is 1.83. The molecule has 0 bridgehead atoms. The fraction of sp³-hybridized carbons (Fsp3) is 0.111. The predicted molar refractivity (Wildman–Crippen MR) is 106 cm³/mol. The molecule has 0 unspecified atom stereocenters. The largest absolute Gasteiger partial charge is 0.305 e. The van der Waals surface area contributed by atoms with Crippen molar-refractivity contribution in [3.05, 3.63) is 70.3 Å². The maximum Gasteiger partial charge on any atom is 0.269 e. The van der Waals surface area contributed by atoms with E-state index in [-0.39, 0.29) is 17.3 Å². The molecule has 3 rings (SSSR count). The van der Waals surface area contributed by atoms with E-state index < -0.39 is 4.92 Å². The number of hydrazone groups is 1. The molecule has 1 amide bonds. The number of nitrogens with one attached hydrogen (secondary N) is 1. The lowest BCUT2D eigenvalue weighted by molar-refractivity contribution is -0.384. The number of hydrogen-bond acceptors (Lipinski definition) is 7. The standard InChI is InChI=1S/C18H16N6O3S/c1-23-17(14-5-3-2-4-6-14)21-22-18(23)28-12-16(25)20-19-11-13-7-9-15(10-8-13)24(26)27/h2-11H,12H2,1H3,(H,20,25)/b19-11-. The molecule has 1 N–H and O–H groups in total. The van der Waals surface area contributed by atoms with Gasteiger partial charge in [0.1, 0.15) is 0 Å². The third-order valence-corrected chi connectivity index (χ3v) is 4.73. The first-order chi connectivity index (χ1) is 13.5. The number of non-ortho nitro benzene ring substituents is 1. The van der Waals surface area contributed by atoms with Gasteiger partial charge in [0, 0.05) is 24.7 Å². The van der Waals surface area contributed by atoms with Gasteiger partial charge in [0.25, 0.3) is 11.6 Å². The predicted octanol–water partition coefficient (Wildman–Crippen LogP) is 2.63. The first kappa shape index (κ1) is 19.2. The summed E-state index contributed by atoms with van der Waals surface area (Å²) in [6.07, 6.45) is 1.42. The highest BCUT2D eigenvalue weighted by Crippen LogP contribution is 2.22. The van der Waals surface area contributed by atoms with Gasteiger partial charge in [-0.3, -0.25) is 14.9 Å². The van der Waals surface area contributed by atoms with Gasteiger partial charge in [0.15, 0.2) is 11.0 Å². The van der Waals surface area contributed by atoms with E-state index in [2.05, 4.69) is 20.7 Å². The first-order valence-electron chi connectivity index (χ1n) is 8.18. The summed E-state index contributed by atoms with van der Waals surface area (Å²) in [5.74, 6) is 0.547. The van der Waals surface area contributed by atoms with Crippen molar-refractivity contribution in [1.29, 1.82) is 0 Å². The average Bonchev–Trinajstić information content (AvgIpc) is 3.08. The lowest BCUT2D eigenvalue weighted by Gasteiger charge is -2.03. The van der Waals surface area contributed by atoms with Gasteiger partial charge >= 0.3 is 0 Å². The molecule has 0 atom stereocenters. The second kappa shape index (κ2) is 8.91. The maximum atomic E-state index is 11.9. The van der Waals surface area contributed by atoms with Gasteiger partial charge in [-0.25, -0.2) is 5.43 Å². The van der Waals surface area contributed by atoms with Crippen LogP contribution in [0.15, 0.2) is 64.9 Å². The molecule has 0 spiro atoms. The SMILES string of the molecule is Cn1c(SCC(=O)N/N=C\c2ccc([N+](=O)[O-])cc2)nnc1-c1ccccc1. The molecule has 28 heavy (non-hydrogen) atoms. The zero-order valence-corrected chi connectivity index (χ0v) is 15.7. The molecule has 0 fully saturated rings. The van der Waals surface area contributed by atoms with Crippen LogP contribution in [0.1, 0.15) is 5.56 Å². The van der Waals surface area contributed by atoms with Crippen LogP contribution in [-0.2, 0) is 11.8 Å². The van der Waals surface area contributed by atoms with Crippen LogP contribution in [0.3, 0.4) is 0 Å². The third-order valence-electron chi connectivity index (χ3n) is 3.71. The van der Waals surface area contributed by atoms with E-state index in [1.54, 1.807) is 12.1 Å². The molecule has 1 heterocycles. The minimum atomic E-state index is -0.477. The van der Waals surface area contributed by atoms with Gasteiger partial charge in [0.05, 0.1) is 16.9 Å². The zero-order chi connectivity index (χ0) is 19.9. The Hall–Kier alpha value is -3.53. The van der Waals surface area contributed by atoms with Gasteiger partial charge in [-0.15, -0.1) is 10.2 Å². The van der Waals surface area contributed by atoms with Gasteiger partial charge in [-0.05, 0) is 17.7 Å². The minimum absolute atomic E-state index is 0.00358. The van der Waals surface area contributed by atoms with Crippen LogP contribution < -0.4 is 5.43 Å². The van der Waals surface area contributed by atoms with Crippen molar-refractivity contribution in [1.82, 2.24) is 20.2 Å². The summed E-state index contributed by atoms with van der Waals surface area (Å²) in [5, 5.41) is 23.4. The van der Waals surface area contributed by atoms with Crippen LogP contribution in [0.4, 0.5) is 5.69 Å². The summed E-state index contributed by atoms with van der Waals surface area (Å²) in [4.78, 5) is 22.1. The fourth-order valence-corrected chi connectivity index (χ4v) is 3.01. The van der Waals surface area contributed by atoms with E-state index in [1.165, 1.54) is 30.1 Å². The molecule has 9 nitrogen and oxygen atoms in total. The van der Waals surface area contributed by atoms with Crippen LogP contribution in [0.5, 0.6) is 0 Å². The highest BCUT2D eigenvalue weighted by atomic mass is 32.2. The number of aromatic nitrogens is 3. The Bertz CT molecular complexity index is 1000. The number of carbonyl (C=O) groups is 1. The van der Waals surface area contributed by atoms with E-state index in [9.17, 15) is 14.9 Å². The number of nitrogens with zero attached hydrogens (tertiary/aromatic N) is 5. The number of amides is 1. The molecule has 142 valence electrons. The van der Waals surface area contributed by atoms with Gasteiger partial charge in [-0.2, -0.15) is 5.10 Å². The number of nitro groups is 1. The number of rotatable bonds is 7. The number of thioether (sulfide) groups is 1. The van der Waals surface area contributed by atoms with Crippen molar-refractivity contribution >= 4 is 29.6 Å². The minimum Gasteiger partial charge on any atom is -0.305 e. The van der Waals surface area contributed by atoms with Crippen molar-refractivity contribution in [2.24, 2.45) is 12.1 Å². The molecule has 1 aromatic heterocycles. The second-order valence-corrected chi connectivity index (χ2v) is 6.60. The van der Waals surface area contributed by atoms with Crippen LogP contribution >= 0.6 is 11.8 Å². The number of nitro benzene ring substituents is 1. The van der Waals surface area contributed by atoms with E-state index in [0.717, 1.165) is 11.4 Å². The molecule has 2 aromatic carbocycles. The number of hydrogen-bond donors (Lipinski definition) is 1. The summed E-state index contributed by atoms with van der Waals surface area (Å²) in [7, 11) is 1.84. The summed E-state index contributed by atoms with van der Waals surface area (Å²) in [6, 6.07) is 15.5. The fourth-order valence-electron chi connectivity index (χ4n) is 2.30. The summed E-state index contributed by atoms with van der Waals surface area (Å²) in [5.41, 5.74) is 4.00. The zero-order valence-electron chi connectivity index (χ0n) is 14.8. The van der Waals surface area contributed by atoms with Gasteiger partial charge < -0.3 is 4.57 Å². The maximum absolute atomic E-state index is 11.9. The second-order valence-electron chi connectivity index (χ2n) is 5.66. The summed E-state index contributed by atoms with van der Waals surface area (Å²) in [6.45, 7) is 0. The van der Waals surface area contributed by atoms with Crippen LogP contribution in [0.2, 0.25) is 0 Å². The molecule has 3 aromatic rings. The number of benzene rings is 2. The Kier molecular flexibility index (Phi) is 6.12. The van der Waals surface area contributed by atoms with Crippen molar-refractivity contribution < 1.29 is 9.72 Å². The normalized spacial score (nSPS) is 10.9. The van der Waals surface area contributed by atoms with Gasteiger partial charge in [-0.1, -0.05) is 42.1 Å². The van der Waals surface area contributed by atoms with E-state index in [4.69, 9.17) is 0 Å². The van der Waals surface area contributed by atoms with E-state index in [1.807, 2.05) is 41.9 Å². The highest BCUT2D eigenvalue weighted by molar-refractivity contribution is 7.99. The van der Waals surface area contributed by atoms with Crippen LogP contribution in [-0.4, -0.2) is 37.6 Å². The lowest BCUT2D eigenvalue weighted by atomic mass is 10.2. The van der Waals surface area contributed by atoms with Crippen molar-refractivity contribution in [3.63, 3.8) is 0 Å². The van der Waals surface area contributed by atoms with Gasteiger partial charge in [0.2, 0.25) is 0 Å². The first-order valence-corrected chi connectivity index (χ1v) is 9.17. The molecule has 0 saturated heterocycles. The monoisotopic (exact) mass is 396 g/mol. The molecule has 0 aliphatic rings. The van der Waals surface area contributed by atoms with Crippen molar-refractivity contribution in [3.8, 4) is 11.4 Å². The Labute approximate surface area is 164 Å².